The Morgan fingerprint density at radius 3 is 2.20 bits per heavy atom. The van der Waals surface area contributed by atoms with Gasteiger partial charge in [-0.3, -0.25) is 0 Å². The van der Waals surface area contributed by atoms with E-state index in [0.717, 1.165) is 13.1 Å². The molecule has 1 aromatic carbocycles. The third-order valence-electron chi connectivity index (χ3n) is 4.42. The van der Waals surface area contributed by atoms with Crippen molar-refractivity contribution in [2.45, 2.75) is 59.0 Å². The lowest BCUT2D eigenvalue weighted by Crippen LogP contribution is -2.63. The number of hydrogen-bond acceptors (Lipinski definition) is 2. The van der Waals surface area contributed by atoms with Crippen molar-refractivity contribution < 1.29 is 0 Å². The lowest BCUT2D eigenvalue weighted by Gasteiger charge is -2.47. The Labute approximate surface area is 124 Å². The zero-order chi connectivity index (χ0) is 14.9. The lowest BCUT2D eigenvalue weighted by atomic mass is 9.92. The summed E-state index contributed by atoms with van der Waals surface area (Å²) in [4.78, 5) is 2.59. The minimum atomic E-state index is 0.183. The predicted molar refractivity (Wildman–Crippen MR) is 88.6 cm³/mol. The highest BCUT2D eigenvalue weighted by atomic mass is 15.3. The molecule has 1 aliphatic heterocycles. The number of hydrogen-bond donors (Lipinski definition) is 1. The van der Waals surface area contributed by atoms with Crippen molar-refractivity contribution in [2.24, 2.45) is 5.92 Å². The van der Waals surface area contributed by atoms with E-state index in [1.165, 1.54) is 11.3 Å². The second-order valence-electron chi connectivity index (χ2n) is 7.45. The van der Waals surface area contributed by atoms with E-state index in [2.05, 4.69) is 76.0 Å². The van der Waals surface area contributed by atoms with Crippen molar-refractivity contribution in [3.05, 3.63) is 29.8 Å². The number of nitrogens with one attached hydrogen (secondary N) is 1. The van der Waals surface area contributed by atoms with E-state index >= 15 is 0 Å². The van der Waals surface area contributed by atoms with E-state index in [1.807, 2.05) is 0 Å². The van der Waals surface area contributed by atoms with Crippen LogP contribution >= 0.6 is 0 Å². The van der Waals surface area contributed by atoms with Gasteiger partial charge in [-0.25, -0.2) is 0 Å². The minimum Gasteiger partial charge on any atom is -0.365 e. The third-order valence-corrected chi connectivity index (χ3v) is 4.42. The zero-order valence-electron chi connectivity index (χ0n) is 13.9. The van der Waals surface area contributed by atoms with Gasteiger partial charge in [-0.15, -0.1) is 0 Å². The quantitative estimate of drug-likeness (QED) is 0.895. The number of rotatable bonds is 3. The highest BCUT2D eigenvalue weighted by molar-refractivity contribution is 5.50. The summed E-state index contributed by atoms with van der Waals surface area (Å²) in [5.74, 6) is 1.26. The SMILES string of the molecule is CC(C)c1ccc(N2CC(C)(C)NCC2C(C)C)cc1. The second kappa shape index (κ2) is 5.77. The van der Waals surface area contributed by atoms with Gasteiger partial charge in [-0.2, -0.15) is 0 Å². The van der Waals surface area contributed by atoms with Crippen LogP contribution in [-0.2, 0) is 0 Å². The molecule has 0 spiro atoms. The molecule has 0 radical (unpaired) electrons. The average Bonchev–Trinajstić information content (AvgIpc) is 2.37. The van der Waals surface area contributed by atoms with Gasteiger partial charge in [0.05, 0.1) is 0 Å². The van der Waals surface area contributed by atoms with Gasteiger partial charge in [0.15, 0.2) is 0 Å². The Hall–Kier alpha value is -1.02. The fourth-order valence-electron chi connectivity index (χ4n) is 3.02. The molecular weight excluding hydrogens is 244 g/mol. The topological polar surface area (TPSA) is 15.3 Å². The summed E-state index contributed by atoms with van der Waals surface area (Å²) in [5, 5.41) is 3.68. The number of benzene rings is 1. The van der Waals surface area contributed by atoms with Crippen LogP contribution in [0.25, 0.3) is 0 Å². The van der Waals surface area contributed by atoms with Crippen LogP contribution in [0.3, 0.4) is 0 Å². The van der Waals surface area contributed by atoms with Crippen molar-refractivity contribution in [3.63, 3.8) is 0 Å². The maximum atomic E-state index is 3.68. The van der Waals surface area contributed by atoms with Gasteiger partial charge in [-0.05, 0) is 43.4 Å². The van der Waals surface area contributed by atoms with Gasteiger partial charge in [-0.1, -0.05) is 39.8 Å². The first kappa shape index (κ1) is 15.4. The summed E-state index contributed by atoms with van der Waals surface area (Å²) in [5.41, 5.74) is 2.97. The molecule has 1 heterocycles. The Bertz CT molecular complexity index is 431. The predicted octanol–water partition coefficient (Wildman–Crippen LogP) is 4.02. The molecule has 1 atom stereocenters. The molecule has 1 N–H and O–H groups in total. The zero-order valence-corrected chi connectivity index (χ0v) is 13.9. The van der Waals surface area contributed by atoms with Crippen LogP contribution in [-0.4, -0.2) is 24.7 Å². The molecule has 1 saturated heterocycles. The lowest BCUT2D eigenvalue weighted by molar-refractivity contribution is 0.277. The molecule has 0 aromatic heterocycles. The monoisotopic (exact) mass is 274 g/mol. The normalized spacial score (nSPS) is 22.6. The Balaban J connectivity index is 2.25. The number of anilines is 1. The van der Waals surface area contributed by atoms with Crippen LogP contribution in [0.5, 0.6) is 0 Å². The molecule has 0 aliphatic carbocycles. The summed E-state index contributed by atoms with van der Waals surface area (Å²) < 4.78 is 0. The maximum Gasteiger partial charge on any atom is 0.0438 e. The highest BCUT2D eigenvalue weighted by Gasteiger charge is 2.33. The molecule has 1 unspecified atom stereocenters. The van der Waals surface area contributed by atoms with Gasteiger partial charge >= 0.3 is 0 Å². The first-order valence-electron chi connectivity index (χ1n) is 7.92. The van der Waals surface area contributed by atoms with Gasteiger partial charge in [0.2, 0.25) is 0 Å². The molecule has 0 saturated carbocycles. The molecule has 0 bridgehead atoms. The number of nitrogens with zero attached hydrogens (tertiary/aromatic N) is 1. The second-order valence-corrected chi connectivity index (χ2v) is 7.45. The number of piperazine rings is 1. The molecule has 2 nitrogen and oxygen atoms in total. The van der Waals surface area contributed by atoms with Crippen LogP contribution < -0.4 is 10.2 Å². The fourth-order valence-corrected chi connectivity index (χ4v) is 3.02. The minimum absolute atomic E-state index is 0.183. The van der Waals surface area contributed by atoms with E-state index in [-0.39, 0.29) is 5.54 Å². The van der Waals surface area contributed by atoms with Crippen molar-refractivity contribution in [1.82, 2.24) is 5.32 Å². The smallest absolute Gasteiger partial charge is 0.0438 e. The van der Waals surface area contributed by atoms with Crippen LogP contribution in [0.4, 0.5) is 5.69 Å². The molecule has 112 valence electrons. The highest BCUT2D eigenvalue weighted by Crippen LogP contribution is 2.28. The summed E-state index contributed by atoms with van der Waals surface area (Å²) in [6, 6.07) is 9.74. The molecule has 2 heteroatoms. The van der Waals surface area contributed by atoms with Crippen molar-refractivity contribution >= 4 is 5.69 Å². The van der Waals surface area contributed by atoms with Crippen LogP contribution in [0, 0.1) is 5.92 Å². The van der Waals surface area contributed by atoms with Crippen LogP contribution in [0.2, 0.25) is 0 Å². The summed E-state index contributed by atoms with van der Waals surface area (Å²) in [7, 11) is 0. The standard InChI is InChI=1S/C18H30N2/c1-13(2)15-7-9-16(10-8-15)20-12-18(5,6)19-11-17(20)14(3)4/h7-10,13-14,17,19H,11-12H2,1-6H3. The van der Waals surface area contributed by atoms with E-state index in [4.69, 9.17) is 0 Å². The van der Waals surface area contributed by atoms with Gasteiger partial charge < -0.3 is 10.2 Å². The Morgan fingerprint density at radius 2 is 1.70 bits per heavy atom. The van der Waals surface area contributed by atoms with Gasteiger partial charge in [0.1, 0.15) is 0 Å². The Kier molecular flexibility index (Phi) is 4.43. The van der Waals surface area contributed by atoms with Crippen molar-refractivity contribution in [1.29, 1.82) is 0 Å². The molecule has 1 aliphatic rings. The maximum absolute atomic E-state index is 3.68. The van der Waals surface area contributed by atoms with E-state index in [9.17, 15) is 0 Å². The summed E-state index contributed by atoms with van der Waals surface area (Å²) >= 11 is 0. The summed E-state index contributed by atoms with van der Waals surface area (Å²) in [6.45, 7) is 15.9. The van der Waals surface area contributed by atoms with Gasteiger partial charge in [0, 0.05) is 30.4 Å². The molecule has 2 rings (SSSR count). The molecule has 0 amide bonds. The van der Waals surface area contributed by atoms with Crippen LogP contribution in [0.1, 0.15) is 53.0 Å². The molecule has 20 heavy (non-hydrogen) atoms. The third kappa shape index (κ3) is 3.35. The first-order chi connectivity index (χ1) is 9.30. The van der Waals surface area contributed by atoms with E-state index < -0.39 is 0 Å². The molecule has 1 fully saturated rings. The van der Waals surface area contributed by atoms with Crippen LogP contribution in [0.15, 0.2) is 24.3 Å². The average molecular weight is 274 g/mol. The molecular formula is C18H30N2. The largest absolute Gasteiger partial charge is 0.365 e. The van der Waals surface area contributed by atoms with Crippen molar-refractivity contribution in [2.75, 3.05) is 18.0 Å². The van der Waals surface area contributed by atoms with E-state index in [0.29, 0.717) is 17.9 Å². The fraction of sp³-hybridized carbons (Fsp3) is 0.667. The van der Waals surface area contributed by atoms with E-state index in [1.54, 1.807) is 0 Å². The first-order valence-corrected chi connectivity index (χ1v) is 7.92. The summed E-state index contributed by atoms with van der Waals surface area (Å²) in [6.07, 6.45) is 0. The molecule has 1 aromatic rings. The van der Waals surface area contributed by atoms with Crippen molar-refractivity contribution in [3.8, 4) is 0 Å². The Morgan fingerprint density at radius 1 is 1.10 bits per heavy atom. The van der Waals surface area contributed by atoms with Gasteiger partial charge in [0.25, 0.3) is 0 Å².